The van der Waals surface area contributed by atoms with Gasteiger partial charge in [0.15, 0.2) is 0 Å². The monoisotopic (exact) mass is 298 g/mol. The minimum Gasteiger partial charge on any atom is -0.380 e. The van der Waals surface area contributed by atoms with Gasteiger partial charge < -0.3 is 14.2 Å². The first-order valence-electron chi connectivity index (χ1n) is 7.23. The van der Waals surface area contributed by atoms with Gasteiger partial charge in [-0.1, -0.05) is 18.1 Å². The molecule has 0 saturated carbocycles. The van der Waals surface area contributed by atoms with Crippen molar-refractivity contribution < 1.29 is 9.63 Å². The molecule has 1 N–H and O–H groups in total. The van der Waals surface area contributed by atoms with Crippen molar-refractivity contribution in [2.45, 2.75) is 32.9 Å². The van der Waals surface area contributed by atoms with Crippen molar-refractivity contribution in [3.63, 3.8) is 0 Å². The van der Waals surface area contributed by atoms with Crippen molar-refractivity contribution in [1.82, 2.24) is 19.7 Å². The molecule has 22 heavy (non-hydrogen) atoms. The van der Waals surface area contributed by atoms with Crippen molar-refractivity contribution in [2.24, 2.45) is 0 Å². The zero-order chi connectivity index (χ0) is 15.5. The standard InChI is InChI=1S/C16H18N4O2/c1-3-14-13(11(2)19-22-14)10-20-8-7-18-16(20)15(21)12-5-4-6-17-9-12/h4-9,15,21H,3,10H2,1-2H3. The largest absolute Gasteiger partial charge is 0.380 e. The van der Waals surface area contributed by atoms with Gasteiger partial charge >= 0.3 is 0 Å². The molecule has 0 aliphatic rings. The van der Waals surface area contributed by atoms with Crippen LogP contribution in [0.3, 0.4) is 0 Å². The van der Waals surface area contributed by atoms with Gasteiger partial charge in [-0.25, -0.2) is 4.98 Å². The van der Waals surface area contributed by atoms with Crippen LogP contribution in [0.1, 0.15) is 41.4 Å². The molecule has 114 valence electrons. The molecule has 3 aromatic rings. The molecule has 0 aromatic carbocycles. The number of rotatable bonds is 5. The highest BCUT2D eigenvalue weighted by Crippen LogP contribution is 2.22. The summed E-state index contributed by atoms with van der Waals surface area (Å²) in [6.45, 7) is 4.53. The van der Waals surface area contributed by atoms with E-state index in [2.05, 4.69) is 15.1 Å². The van der Waals surface area contributed by atoms with Crippen LogP contribution in [-0.4, -0.2) is 24.8 Å². The molecule has 0 fully saturated rings. The molecule has 3 rings (SSSR count). The molecule has 0 saturated heterocycles. The van der Waals surface area contributed by atoms with Crippen LogP contribution < -0.4 is 0 Å². The number of aliphatic hydroxyl groups excluding tert-OH is 1. The van der Waals surface area contributed by atoms with E-state index in [0.717, 1.165) is 23.4 Å². The van der Waals surface area contributed by atoms with E-state index in [1.54, 1.807) is 24.7 Å². The second-order valence-corrected chi connectivity index (χ2v) is 5.13. The Kier molecular flexibility index (Phi) is 4.02. The lowest BCUT2D eigenvalue weighted by atomic mass is 10.1. The average molecular weight is 298 g/mol. The maximum atomic E-state index is 10.5. The van der Waals surface area contributed by atoms with Gasteiger partial charge in [-0.3, -0.25) is 4.98 Å². The molecule has 0 spiro atoms. The van der Waals surface area contributed by atoms with Crippen LogP contribution in [0.4, 0.5) is 0 Å². The number of hydrogen-bond acceptors (Lipinski definition) is 5. The fourth-order valence-electron chi connectivity index (χ4n) is 2.48. The zero-order valence-electron chi connectivity index (χ0n) is 12.6. The minimum absolute atomic E-state index is 0.575. The molecule has 0 bridgehead atoms. The molecule has 3 heterocycles. The van der Waals surface area contributed by atoms with Gasteiger partial charge in [-0.05, 0) is 13.0 Å². The summed E-state index contributed by atoms with van der Waals surface area (Å²) in [5.74, 6) is 1.45. The summed E-state index contributed by atoms with van der Waals surface area (Å²) < 4.78 is 7.24. The van der Waals surface area contributed by atoms with Gasteiger partial charge in [0, 0.05) is 42.3 Å². The van der Waals surface area contributed by atoms with Crippen LogP contribution >= 0.6 is 0 Å². The van der Waals surface area contributed by atoms with Gasteiger partial charge in [-0.15, -0.1) is 0 Å². The summed E-state index contributed by atoms with van der Waals surface area (Å²) in [5.41, 5.74) is 2.63. The summed E-state index contributed by atoms with van der Waals surface area (Å²) >= 11 is 0. The van der Waals surface area contributed by atoms with Gasteiger partial charge in [0.2, 0.25) is 0 Å². The summed E-state index contributed by atoms with van der Waals surface area (Å²) in [6, 6.07) is 3.63. The van der Waals surface area contributed by atoms with E-state index in [9.17, 15) is 5.11 Å². The lowest BCUT2D eigenvalue weighted by molar-refractivity contribution is 0.204. The highest BCUT2D eigenvalue weighted by Gasteiger charge is 2.19. The fraction of sp³-hybridized carbons (Fsp3) is 0.312. The van der Waals surface area contributed by atoms with Crippen molar-refractivity contribution in [3.8, 4) is 0 Å². The second kappa shape index (κ2) is 6.11. The zero-order valence-corrected chi connectivity index (χ0v) is 12.6. The first kappa shape index (κ1) is 14.5. The molecule has 6 nitrogen and oxygen atoms in total. The van der Waals surface area contributed by atoms with E-state index in [-0.39, 0.29) is 0 Å². The van der Waals surface area contributed by atoms with Crippen molar-refractivity contribution in [2.75, 3.05) is 0 Å². The number of imidazole rings is 1. The lowest BCUT2D eigenvalue weighted by Gasteiger charge is -2.13. The third-order valence-corrected chi connectivity index (χ3v) is 3.71. The predicted octanol–water partition coefficient (Wildman–Crippen LogP) is 2.27. The van der Waals surface area contributed by atoms with E-state index < -0.39 is 6.10 Å². The van der Waals surface area contributed by atoms with E-state index in [4.69, 9.17) is 4.52 Å². The Morgan fingerprint density at radius 1 is 1.36 bits per heavy atom. The van der Waals surface area contributed by atoms with E-state index in [1.807, 2.05) is 30.7 Å². The number of aryl methyl sites for hydroxylation is 2. The number of nitrogens with zero attached hydrogens (tertiary/aromatic N) is 4. The Balaban J connectivity index is 1.91. The number of aromatic nitrogens is 4. The van der Waals surface area contributed by atoms with Crippen LogP contribution in [0, 0.1) is 6.92 Å². The van der Waals surface area contributed by atoms with Gasteiger partial charge in [0.25, 0.3) is 0 Å². The van der Waals surface area contributed by atoms with Crippen LogP contribution in [-0.2, 0) is 13.0 Å². The second-order valence-electron chi connectivity index (χ2n) is 5.13. The molecule has 0 amide bonds. The van der Waals surface area contributed by atoms with Crippen LogP contribution in [0.15, 0.2) is 41.4 Å². The van der Waals surface area contributed by atoms with Crippen LogP contribution in [0.5, 0.6) is 0 Å². The first-order valence-corrected chi connectivity index (χ1v) is 7.23. The molecule has 0 aliphatic heterocycles. The fourth-order valence-corrected chi connectivity index (χ4v) is 2.48. The number of pyridine rings is 1. The quantitative estimate of drug-likeness (QED) is 0.782. The summed E-state index contributed by atoms with van der Waals surface area (Å²) in [5, 5.41) is 14.5. The average Bonchev–Trinajstić information content (AvgIpc) is 3.15. The Hall–Kier alpha value is -2.47. The smallest absolute Gasteiger partial charge is 0.142 e. The molecule has 6 heteroatoms. The Morgan fingerprint density at radius 3 is 2.95 bits per heavy atom. The highest BCUT2D eigenvalue weighted by molar-refractivity contribution is 5.25. The number of aliphatic hydroxyl groups is 1. The maximum absolute atomic E-state index is 10.5. The normalized spacial score (nSPS) is 12.5. The van der Waals surface area contributed by atoms with Gasteiger partial charge in [-0.2, -0.15) is 0 Å². The third kappa shape index (κ3) is 2.65. The molecule has 1 unspecified atom stereocenters. The van der Waals surface area contributed by atoms with Crippen molar-refractivity contribution in [1.29, 1.82) is 0 Å². The Labute approximate surface area is 128 Å². The van der Waals surface area contributed by atoms with Gasteiger partial charge in [0.1, 0.15) is 17.7 Å². The molecular formula is C16H18N4O2. The van der Waals surface area contributed by atoms with E-state index in [0.29, 0.717) is 17.9 Å². The van der Waals surface area contributed by atoms with Gasteiger partial charge in [0.05, 0.1) is 12.2 Å². The maximum Gasteiger partial charge on any atom is 0.142 e. The van der Waals surface area contributed by atoms with Crippen LogP contribution in [0.25, 0.3) is 0 Å². The molecule has 0 radical (unpaired) electrons. The molecular weight excluding hydrogens is 280 g/mol. The Morgan fingerprint density at radius 2 is 2.23 bits per heavy atom. The van der Waals surface area contributed by atoms with E-state index >= 15 is 0 Å². The predicted molar refractivity (Wildman–Crippen MR) is 80.2 cm³/mol. The van der Waals surface area contributed by atoms with Crippen molar-refractivity contribution >= 4 is 0 Å². The summed E-state index contributed by atoms with van der Waals surface area (Å²) in [6.07, 6.45) is 6.83. The topological polar surface area (TPSA) is 77.0 Å². The van der Waals surface area contributed by atoms with Crippen molar-refractivity contribution in [3.05, 3.63) is 65.3 Å². The third-order valence-electron chi connectivity index (χ3n) is 3.71. The summed E-state index contributed by atoms with van der Waals surface area (Å²) in [7, 11) is 0. The Bertz CT molecular complexity index is 749. The molecule has 1 atom stereocenters. The minimum atomic E-state index is -0.811. The molecule has 3 aromatic heterocycles. The van der Waals surface area contributed by atoms with Crippen LogP contribution in [0.2, 0.25) is 0 Å². The summed E-state index contributed by atoms with van der Waals surface area (Å²) in [4.78, 5) is 8.33. The SMILES string of the molecule is CCc1onc(C)c1Cn1ccnc1C(O)c1cccnc1. The number of hydrogen-bond donors (Lipinski definition) is 1. The highest BCUT2D eigenvalue weighted by atomic mass is 16.5. The first-order chi connectivity index (χ1) is 10.7. The molecule has 0 aliphatic carbocycles. The van der Waals surface area contributed by atoms with E-state index in [1.165, 1.54) is 0 Å². The lowest BCUT2D eigenvalue weighted by Crippen LogP contribution is -2.11.